The highest BCUT2D eigenvalue weighted by Crippen LogP contribution is 2.29. The summed E-state index contributed by atoms with van der Waals surface area (Å²) >= 11 is 0. The lowest BCUT2D eigenvalue weighted by Crippen LogP contribution is -2.38. The maximum absolute atomic E-state index is 11.2. The Bertz CT molecular complexity index is 943. The van der Waals surface area contributed by atoms with E-state index in [9.17, 15) is 4.79 Å². The van der Waals surface area contributed by atoms with Crippen LogP contribution in [0.2, 0.25) is 0 Å². The zero-order chi connectivity index (χ0) is 18.8. The van der Waals surface area contributed by atoms with Gasteiger partial charge in [-0.3, -0.25) is 9.78 Å². The van der Waals surface area contributed by atoms with E-state index in [1.54, 1.807) is 6.20 Å². The second-order valence-electron chi connectivity index (χ2n) is 6.92. The van der Waals surface area contributed by atoms with Crippen LogP contribution in [0.3, 0.4) is 0 Å². The number of primary amides is 1. The van der Waals surface area contributed by atoms with Crippen molar-refractivity contribution in [1.82, 2.24) is 14.5 Å². The standard InChI is InChI=1S/C20H23N5O2/c1-14-11-23-20(12-22-14)24-8-5-15(6-9-24)27-18-4-2-3-17-16(18)7-10-25(17)13-19(21)26/h2-4,7,10-12,15H,5-6,8-9,13H2,1H3,(H2,21,26). The largest absolute Gasteiger partial charge is 0.490 e. The number of aromatic nitrogens is 3. The summed E-state index contributed by atoms with van der Waals surface area (Å²) in [5.74, 6) is 1.42. The molecule has 1 aliphatic rings. The Kier molecular flexibility index (Phi) is 4.66. The molecule has 0 saturated carbocycles. The van der Waals surface area contributed by atoms with Gasteiger partial charge < -0.3 is 19.9 Å². The highest BCUT2D eigenvalue weighted by atomic mass is 16.5. The van der Waals surface area contributed by atoms with Gasteiger partial charge in [-0.15, -0.1) is 0 Å². The van der Waals surface area contributed by atoms with Crippen molar-refractivity contribution in [2.45, 2.75) is 32.4 Å². The molecular weight excluding hydrogens is 342 g/mol. The quantitative estimate of drug-likeness (QED) is 0.750. The van der Waals surface area contributed by atoms with Crippen LogP contribution in [0, 0.1) is 6.92 Å². The fraction of sp³-hybridized carbons (Fsp3) is 0.350. The first-order valence-corrected chi connectivity index (χ1v) is 9.16. The van der Waals surface area contributed by atoms with E-state index in [0.717, 1.165) is 54.1 Å². The van der Waals surface area contributed by atoms with Gasteiger partial charge in [0.25, 0.3) is 0 Å². The zero-order valence-electron chi connectivity index (χ0n) is 15.3. The first kappa shape index (κ1) is 17.3. The van der Waals surface area contributed by atoms with Gasteiger partial charge in [0, 0.05) is 37.5 Å². The number of nitrogens with zero attached hydrogens (tertiary/aromatic N) is 4. The lowest BCUT2D eigenvalue weighted by molar-refractivity contribution is -0.118. The van der Waals surface area contributed by atoms with Crippen molar-refractivity contribution < 1.29 is 9.53 Å². The van der Waals surface area contributed by atoms with Gasteiger partial charge in [-0.05, 0) is 25.1 Å². The number of benzene rings is 1. The minimum atomic E-state index is -0.356. The van der Waals surface area contributed by atoms with Crippen molar-refractivity contribution in [3.8, 4) is 5.75 Å². The average Bonchev–Trinajstić information content (AvgIpc) is 3.06. The molecule has 0 unspecified atom stereocenters. The van der Waals surface area contributed by atoms with Crippen molar-refractivity contribution in [3.63, 3.8) is 0 Å². The van der Waals surface area contributed by atoms with Crippen LogP contribution in [-0.2, 0) is 11.3 Å². The molecule has 2 aromatic heterocycles. The summed E-state index contributed by atoms with van der Waals surface area (Å²) in [6, 6.07) is 7.88. The van der Waals surface area contributed by atoms with Crippen LogP contribution in [0.25, 0.3) is 10.9 Å². The Hall–Kier alpha value is -3.09. The Morgan fingerprint density at radius 3 is 2.74 bits per heavy atom. The highest BCUT2D eigenvalue weighted by Gasteiger charge is 2.22. The summed E-state index contributed by atoms with van der Waals surface area (Å²) < 4.78 is 8.15. The normalized spacial score (nSPS) is 15.2. The van der Waals surface area contributed by atoms with E-state index in [1.807, 2.05) is 48.1 Å². The van der Waals surface area contributed by atoms with Crippen molar-refractivity contribution in [3.05, 3.63) is 48.5 Å². The fourth-order valence-corrected chi connectivity index (χ4v) is 3.54. The molecular formula is C20H23N5O2. The van der Waals surface area contributed by atoms with E-state index < -0.39 is 0 Å². The second-order valence-corrected chi connectivity index (χ2v) is 6.92. The molecule has 3 heterocycles. The summed E-state index contributed by atoms with van der Waals surface area (Å²) in [6.07, 6.45) is 7.52. The third-order valence-corrected chi connectivity index (χ3v) is 4.93. The minimum absolute atomic E-state index is 0.157. The SMILES string of the molecule is Cc1cnc(N2CCC(Oc3cccc4c3ccn4CC(N)=O)CC2)cn1. The Morgan fingerprint density at radius 2 is 2.04 bits per heavy atom. The predicted octanol–water partition coefficient (Wildman–Crippen LogP) is 2.27. The lowest BCUT2D eigenvalue weighted by Gasteiger charge is -2.32. The van der Waals surface area contributed by atoms with Gasteiger partial charge in [0.1, 0.15) is 24.2 Å². The zero-order valence-corrected chi connectivity index (χ0v) is 15.3. The van der Waals surface area contributed by atoms with Gasteiger partial charge in [0.15, 0.2) is 0 Å². The number of ether oxygens (including phenoxy) is 1. The maximum Gasteiger partial charge on any atom is 0.237 e. The number of fused-ring (bicyclic) bond motifs is 1. The molecule has 0 atom stereocenters. The third kappa shape index (κ3) is 3.72. The van der Waals surface area contributed by atoms with Crippen molar-refractivity contribution in [2.75, 3.05) is 18.0 Å². The number of carbonyl (C=O) groups is 1. The number of carbonyl (C=O) groups excluding carboxylic acids is 1. The number of rotatable bonds is 5. The molecule has 7 nitrogen and oxygen atoms in total. The number of amides is 1. The third-order valence-electron chi connectivity index (χ3n) is 4.93. The Balaban J connectivity index is 1.44. The summed E-state index contributed by atoms with van der Waals surface area (Å²) in [5, 5.41) is 1.01. The molecule has 140 valence electrons. The van der Waals surface area contributed by atoms with E-state index >= 15 is 0 Å². The molecule has 1 aromatic carbocycles. The highest BCUT2D eigenvalue weighted by molar-refractivity contribution is 5.87. The van der Waals surface area contributed by atoms with Crippen LogP contribution in [0.4, 0.5) is 5.82 Å². The van der Waals surface area contributed by atoms with Gasteiger partial charge in [-0.2, -0.15) is 0 Å². The van der Waals surface area contributed by atoms with Crippen molar-refractivity contribution in [2.24, 2.45) is 5.73 Å². The van der Waals surface area contributed by atoms with Gasteiger partial charge >= 0.3 is 0 Å². The fourth-order valence-electron chi connectivity index (χ4n) is 3.54. The smallest absolute Gasteiger partial charge is 0.237 e. The molecule has 1 amide bonds. The van der Waals surface area contributed by atoms with Gasteiger partial charge in [0.2, 0.25) is 5.91 Å². The molecule has 1 aliphatic heterocycles. The number of piperidine rings is 1. The van der Waals surface area contributed by atoms with Crippen LogP contribution in [0.1, 0.15) is 18.5 Å². The topological polar surface area (TPSA) is 86.3 Å². The summed E-state index contributed by atoms with van der Waals surface area (Å²) in [5.41, 5.74) is 7.21. The number of anilines is 1. The van der Waals surface area contributed by atoms with Crippen LogP contribution in [0.15, 0.2) is 42.9 Å². The summed E-state index contributed by atoms with van der Waals surface area (Å²) in [6.45, 7) is 3.89. The number of hydrogen-bond donors (Lipinski definition) is 1. The molecule has 27 heavy (non-hydrogen) atoms. The van der Waals surface area contributed by atoms with E-state index in [2.05, 4.69) is 14.9 Å². The predicted molar refractivity (Wildman–Crippen MR) is 104 cm³/mol. The first-order valence-electron chi connectivity index (χ1n) is 9.16. The molecule has 0 spiro atoms. The van der Waals surface area contributed by atoms with E-state index in [1.165, 1.54) is 0 Å². The minimum Gasteiger partial charge on any atom is -0.490 e. The average molecular weight is 365 g/mol. The molecule has 1 saturated heterocycles. The number of aryl methyl sites for hydroxylation is 1. The van der Waals surface area contributed by atoms with E-state index in [-0.39, 0.29) is 18.6 Å². The molecule has 0 bridgehead atoms. The van der Waals surface area contributed by atoms with Crippen molar-refractivity contribution in [1.29, 1.82) is 0 Å². The second kappa shape index (κ2) is 7.26. The first-order chi connectivity index (χ1) is 13.1. The van der Waals surface area contributed by atoms with Crippen LogP contribution in [-0.4, -0.2) is 39.6 Å². The number of hydrogen-bond acceptors (Lipinski definition) is 5. The van der Waals surface area contributed by atoms with Crippen molar-refractivity contribution >= 4 is 22.6 Å². The monoisotopic (exact) mass is 365 g/mol. The molecule has 0 radical (unpaired) electrons. The maximum atomic E-state index is 11.2. The molecule has 7 heteroatoms. The Morgan fingerprint density at radius 1 is 1.22 bits per heavy atom. The van der Waals surface area contributed by atoms with E-state index in [0.29, 0.717) is 0 Å². The van der Waals surface area contributed by atoms with Crippen LogP contribution < -0.4 is 15.4 Å². The molecule has 2 N–H and O–H groups in total. The summed E-state index contributed by atoms with van der Waals surface area (Å²) in [4.78, 5) is 22.3. The van der Waals surface area contributed by atoms with E-state index in [4.69, 9.17) is 10.5 Å². The molecule has 0 aliphatic carbocycles. The molecule has 4 rings (SSSR count). The lowest BCUT2D eigenvalue weighted by atomic mass is 10.1. The van der Waals surface area contributed by atoms with Gasteiger partial charge in [0.05, 0.1) is 23.6 Å². The molecule has 1 fully saturated rings. The summed E-state index contributed by atoms with van der Waals surface area (Å²) in [7, 11) is 0. The van der Waals surface area contributed by atoms with Gasteiger partial charge in [-0.25, -0.2) is 4.98 Å². The Labute approximate surface area is 157 Å². The molecule has 3 aromatic rings. The van der Waals surface area contributed by atoms with Crippen LogP contribution >= 0.6 is 0 Å². The van der Waals surface area contributed by atoms with Crippen LogP contribution in [0.5, 0.6) is 5.75 Å². The number of nitrogens with two attached hydrogens (primary N) is 1. The van der Waals surface area contributed by atoms with Gasteiger partial charge in [-0.1, -0.05) is 6.07 Å².